The van der Waals surface area contributed by atoms with Gasteiger partial charge in [-0.1, -0.05) is 46.3 Å². The summed E-state index contributed by atoms with van der Waals surface area (Å²) in [4.78, 5) is 12.3. The van der Waals surface area contributed by atoms with Crippen molar-refractivity contribution < 1.29 is 18.7 Å². The molecule has 0 amide bonds. The van der Waals surface area contributed by atoms with Gasteiger partial charge in [-0.15, -0.1) is 0 Å². The fourth-order valence-corrected chi connectivity index (χ4v) is 3.55. The third-order valence-electron chi connectivity index (χ3n) is 4.70. The van der Waals surface area contributed by atoms with Crippen molar-refractivity contribution in [2.75, 3.05) is 0 Å². The number of hydrogen-bond donors (Lipinski definition) is 1. The Bertz CT molecular complexity index is 1220. The van der Waals surface area contributed by atoms with Crippen LogP contribution < -0.4 is 15.2 Å². The maximum atomic E-state index is 13.8. The van der Waals surface area contributed by atoms with Gasteiger partial charge in [0.25, 0.3) is 0 Å². The zero-order chi connectivity index (χ0) is 21.3. The lowest BCUT2D eigenvalue weighted by Gasteiger charge is -2.26. The number of nitriles is 1. The molecule has 3 aromatic carbocycles. The van der Waals surface area contributed by atoms with Crippen molar-refractivity contribution in [1.82, 2.24) is 0 Å². The van der Waals surface area contributed by atoms with Gasteiger partial charge in [-0.3, -0.25) is 0 Å². The van der Waals surface area contributed by atoms with E-state index in [2.05, 4.69) is 22.0 Å². The summed E-state index contributed by atoms with van der Waals surface area (Å²) in [7, 11) is 0. The van der Waals surface area contributed by atoms with Gasteiger partial charge in [0.15, 0.2) is 0 Å². The van der Waals surface area contributed by atoms with Gasteiger partial charge in [0.1, 0.15) is 29.0 Å². The van der Waals surface area contributed by atoms with Crippen LogP contribution in [-0.2, 0) is 0 Å². The van der Waals surface area contributed by atoms with Crippen LogP contribution in [-0.4, -0.2) is 5.97 Å². The van der Waals surface area contributed by atoms with Crippen molar-refractivity contribution in [2.45, 2.75) is 5.92 Å². The van der Waals surface area contributed by atoms with E-state index in [1.165, 1.54) is 24.3 Å². The average Bonchev–Trinajstić information content (AvgIpc) is 2.73. The first-order chi connectivity index (χ1) is 14.5. The van der Waals surface area contributed by atoms with Gasteiger partial charge in [0.05, 0.1) is 11.5 Å². The topological polar surface area (TPSA) is 85.3 Å². The summed E-state index contributed by atoms with van der Waals surface area (Å²) in [6, 6.07) is 20.0. The molecule has 30 heavy (non-hydrogen) atoms. The summed E-state index contributed by atoms with van der Waals surface area (Å²) in [5.41, 5.74) is 7.68. The molecule has 7 heteroatoms. The van der Waals surface area contributed by atoms with Gasteiger partial charge in [-0.25, -0.2) is 9.18 Å². The van der Waals surface area contributed by atoms with Crippen LogP contribution in [0.3, 0.4) is 0 Å². The highest BCUT2D eigenvalue weighted by atomic mass is 79.9. The van der Waals surface area contributed by atoms with Crippen molar-refractivity contribution in [3.8, 4) is 17.6 Å². The molecule has 1 unspecified atom stereocenters. The Morgan fingerprint density at radius 3 is 2.57 bits per heavy atom. The highest BCUT2D eigenvalue weighted by molar-refractivity contribution is 9.10. The van der Waals surface area contributed by atoms with Crippen molar-refractivity contribution >= 4 is 21.9 Å². The van der Waals surface area contributed by atoms with E-state index in [0.29, 0.717) is 16.9 Å². The minimum absolute atomic E-state index is 0.0181. The molecule has 1 heterocycles. The summed E-state index contributed by atoms with van der Waals surface area (Å²) in [6.45, 7) is 0. The van der Waals surface area contributed by atoms with E-state index in [0.717, 1.165) is 10.0 Å². The smallest absolute Gasteiger partial charge is 0.346 e. The SMILES string of the molecule is N#CC1=C(N)Oc2cc(OC(=O)c3ccccc3F)ccc2C1c1ccc(Br)cc1. The fraction of sp³-hybridized carbons (Fsp3) is 0.0435. The van der Waals surface area contributed by atoms with E-state index in [4.69, 9.17) is 15.2 Å². The molecular formula is C23H14BrFN2O3. The van der Waals surface area contributed by atoms with Crippen LogP contribution >= 0.6 is 15.9 Å². The second-order valence-electron chi connectivity index (χ2n) is 6.55. The first-order valence-corrected chi connectivity index (χ1v) is 9.71. The number of allylic oxidation sites excluding steroid dienone is 1. The van der Waals surface area contributed by atoms with Crippen molar-refractivity contribution in [3.63, 3.8) is 0 Å². The molecule has 4 rings (SSSR count). The van der Waals surface area contributed by atoms with Crippen LogP contribution in [0.1, 0.15) is 27.4 Å². The molecule has 0 saturated carbocycles. The second-order valence-corrected chi connectivity index (χ2v) is 7.46. The average molecular weight is 465 g/mol. The highest BCUT2D eigenvalue weighted by Crippen LogP contribution is 2.43. The first-order valence-electron chi connectivity index (χ1n) is 8.91. The van der Waals surface area contributed by atoms with Crippen LogP contribution in [0, 0.1) is 17.1 Å². The molecule has 0 fully saturated rings. The lowest BCUT2D eigenvalue weighted by Crippen LogP contribution is -2.21. The standard InChI is InChI=1S/C23H14BrFN2O3/c24-14-7-5-13(6-8-14)21-17-10-9-15(11-20(17)30-22(27)18(21)12-26)29-23(28)16-3-1-2-4-19(16)25/h1-11,21H,27H2. The Hall–Kier alpha value is -3.63. The lowest BCUT2D eigenvalue weighted by atomic mass is 9.83. The minimum atomic E-state index is -0.824. The number of hydrogen-bond acceptors (Lipinski definition) is 5. The zero-order valence-electron chi connectivity index (χ0n) is 15.4. The van der Waals surface area contributed by atoms with Crippen molar-refractivity contribution in [1.29, 1.82) is 5.26 Å². The predicted molar refractivity (Wildman–Crippen MR) is 111 cm³/mol. The fourth-order valence-electron chi connectivity index (χ4n) is 3.29. The number of fused-ring (bicyclic) bond motifs is 1. The van der Waals surface area contributed by atoms with E-state index in [1.807, 2.05) is 24.3 Å². The highest BCUT2D eigenvalue weighted by Gasteiger charge is 2.31. The number of ether oxygens (including phenoxy) is 2. The normalized spacial score (nSPS) is 15.0. The van der Waals surface area contributed by atoms with Crippen LogP contribution in [0.4, 0.5) is 4.39 Å². The number of carbonyl (C=O) groups excluding carboxylic acids is 1. The van der Waals surface area contributed by atoms with E-state index in [-0.39, 0.29) is 17.2 Å². The number of benzene rings is 3. The molecule has 1 atom stereocenters. The molecule has 0 spiro atoms. The molecule has 3 aromatic rings. The van der Waals surface area contributed by atoms with E-state index < -0.39 is 17.7 Å². The number of nitrogens with zero attached hydrogens (tertiary/aromatic N) is 1. The minimum Gasteiger partial charge on any atom is -0.440 e. The molecule has 0 aromatic heterocycles. The van der Waals surface area contributed by atoms with Crippen molar-refractivity contribution in [2.24, 2.45) is 5.73 Å². The Labute approximate surface area is 180 Å². The monoisotopic (exact) mass is 464 g/mol. The number of nitrogens with two attached hydrogens (primary N) is 1. The summed E-state index contributed by atoms with van der Waals surface area (Å²) < 4.78 is 25.7. The second kappa shape index (κ2) is 8.01. The number of halogens is 2. The Kier molecular flexibility index (Phi) is 5.25. The van der Waals surface area contributed by atoms with Crippen LogP contribution in [0.2, 0.25) is 0 Å². The largest absolute Gasteiger partial charge is 0.440 e. The Morgan fingerprint density at radius 1 is 1.13 bits per heavy atom. The van der Waals surface area contributed by atoms with Crippen LogP contribution in [0.25, 0.3) is 0 Å². The van der Waals surface area contributed by atoms with Gasteiger partial charge in [-0.05, 0) is 35.9 Å². The van der Waals surface area contributed by atoms with Gasteiger partial charge in [0, 0.05) is 16.1 Å². The molecule has 0 bridgehead atoms. The maximum absolute atomic E-state index is 13.8. The molecule has 0 aliphatic carbocycles. The van der Waals surface area contributed by atoms with Crippen LogP contribution in [0.15, 0.2) is 82.7 Å². The molecule has 5 nitrogen and oxygen atoms in total. The summed E-state index contributed by atoms with van der Waals surface area (Å²) in [5.74, 6) is -1.41. The Balaban J connectivity index is 1.70. The number of esters is 1. The summed E-state index contributed by atoms with van der Waals surface area (Å²) in [5, 5.41) is 9.62. The number of carbonyl (C=O) groups is 1. The van der Waals surface area contributed by atoms with Crippen molar-refractivity contribution in [3.05, 3.63) is 105 Å². The molecule has 1 aliphatic heterocycles. The van der Waals surface area contributed by atoms with Gasteiger partial charge < -0.3 is 15.2 Å². The van der Waals surface area contributed by atoms with Gasteiger partial charge >= 0.3 is 5.97 Å². The van der Waals surface area contributed by atoms with Gasteiger partial charge in [-0.2, -0.15) is 5.26 Å². The van der Waals surface area contributed by atoms with E-state index >= 15 is 0 Å². The quantitative estimate of drug-likeness (QED) is 0.434. The third-order valence-corrected chi connectivity index (χ3v) is 5.23. The summed E-state index contributed by atoms with van der Waals surface area (Å²) in [6.07, 6.45) is 0. The Morgan fingerprint density at radius 2 is 1.87 bits per heavy atom. The summed E-state index contributed by atoms with van der Waals surface area (Å²) >= 11 is 3.40. The first kappa shape index (κ1) is 19.7. The van der Waals surface area contributed by atoms with E-state index in [9.17, 15) is 14.4 Å². The predicted octanol–water partition coefficient (Wildman–Crippen LogP) is 5.03. The zero-order valence-corrected chi connectivity index (χ0v) is 17.0. The third kappa shape index (κ3) is 3.65. The molecule has 0 radical (unpaired) electrons. The van der Waals surface area contributed by atoms with Crippen LogP contribution in [0.5, 0.6) is 11.5 Å². The van der Waals surface area contributed by atoms with E-state index in [1.54, 1.807) is 18.2 Å². The van der Waals surface area contributed by atoms with Gasteiger partial charge in [0.2, 0.25) is 5.88 Å². The molecule has 1 aliphatic rings. The molecule has 2 N–H and O–H groups in total. The molecule has 0 saturated heterocycles. The lowest BCUT2D eigenvalue weighted by molar-refractivity contribution is 0.0729. The molecular weight excluding hydrogens is 451 g/mol. The molecule has 148 valence electrons. The maximum Gasteiger partial charge on any atom is 0.346 e. The number of rotatable bonds is 3.